The lowest BCUT2D eigenvalue weighted by molar-refractivity contribution is -0.0328. The molecule has 19 heavy (non-hydrogen) atoms. The molecule has 5 nitrogen and oxygen atoms in total. The molecule has 2 heterocycles. The van der Waals surface area contributed by atoms with Crippen molar-refractivity contribution in [3.63, 3.8) is 0 Å². The molecule has 0 aromatic heterocycles. The number of hydrogen-bond donors (Lipinski definition) is 0. The minimum Gasteiger partial charge on any atom is -0.450 e. The Morgan fingerprint density at radius 3 is 2.47 bits per heavy atom. The van der Waals surface area contributed by atoms with Crippen LogP contribution in [-0.2, 0) is 20.4 Å². The Morgan fingerprint density at radius 1 is 1.21 bits per heavy atom. The van der Waals surface area contributed by atoms with E-state index in [0.717, 1.165) is 5.56 Å². The van der Waals surface area contributed by atoms with E-state index in [1.165, 1.54) is 10.6 Å². The van der Waals surface area contributed by atoms with Crippen LogP contribution in [-0.4, -0.2) is 38.0 Å². The molecule has 1 spiro atoms. The SMILES string of the molecule is CS(=O)(=O)N1CCC2(CC1)OC(=O)c1ccccc12. The van der Waals surface area contributed by atoms with Gasteiger partial charge in [-0.1, -0.05) is 18.2 Å². The van der Waals surface area contributed by atoms with Gasteiger partial charge < -0.3 is 4.74 Å². The zero-order valence-electron chi connectivity index (χ0n) is 10.6. The van der Waals surface area contributed by atoms with E-state index < -0.39 is 15.6 Å². The number of benzene rings is 1. The maximum Gasteiger partial charge on any atom is 0.339 e. The van der Waals surface area contributed by atoms with Gasteiger partial charge in [-0.05, 0) is 6.07 Å². The Balaban J connectivity index is 1.91. The number of nitrogens with zero attached hydrogens (tertiary/aromatic N) is 1. The van der Waals surface area contributed by atoms with Crippen molar-refractivity contribution in [3.8, 4) is 0 Å². The van der Waals surface area contributed by atoms with Crippen molar-refractivity contribution in [1.82, 2.24) is 4.31 Å². The highest BCUT2D eigenvalue weighted by Crippen LogP contribution is 2.44. The summed E-state index contributed by atoms with van der Waals surface area (Å²) in [5.41, 5.74) is 0.873. The molecule has 0 aliphatic carbocycles. The smallest absolute Gasteiger partial charge is 0.339 e. The van der Waals surface area contributed by atoms with Crippen LogP contribution in [0.4, 0.5) is 0 Å². The molecule has 6 heteroatoms. The fourth-order valence-electron chi connectivity index (χ4n) is 2.90. The van der Waals surface area contributed by atoms with Gasteiger partial charge >= 0.3 is 5.97 Å². The molecule has 1 fully saturated rings. The summed E-state index contributed by atoms with van der Waals surface area (Å²) in [7, 11) is -3.17. The molecule has 0 N–H and O–H groups in total. The Bertz CT molecular complexity index is 630. The maximum absolute atomic E-state index is 11.9. The lowest BCUT2D eigenvalue weighted by Gasteiger charge is -2.37. The Morgan fingerprint density at radius 2 is 1.84 bits per heavy atom. The van der Waals surface area contributed by atoms with Gasteiger partial charge in [-0.3, -0.25) is 0 Å². The summed E-state index contributed by atoms with van der Waals surface area (Å²) in [6.45, 7) is 0.779. The molecule has 2 aliphatic heterocycles. The number of piperidine rings is 1. The van der Waals surface area contributed by atoms with E-state index in [-0.39, 0.29) is 5.97 Å². The Kier molecular flexibility index (Phi) is 2.69. The van der Waals surface area contributed by atoms with E-state index in [0.29, 0.717) is 31.5 Å². The van der Waals surface area contributed by atoms with Crippen LogP contribution in [0.15, 0.2) is 24.3 Å². The topological polar surface area (TPSA) is 63.7 Å². The molecule has 1 aromatic rings. The first-order valence-electron chi connectivity index (χ1n) is 6.20. The van der Waals surface area contributed by atoms with Crippen molar-refractivity contribution in [1.29, 1.82) is 0 Å². The quantitative estimate of drug-likeness (QED) is 0.723. The van der Waals surface area contributed by atoms with Gasteiger partial charge in [0.1, 0.15) is 5.60 Å². The third-order valence-electron chi connectivity index (χ3n) is 3.93. The molecule has 1 saturated heterocycles. The average molecular weight is 281 g/mol. The van der Waals surface area contributed by atoms with E-state index in [4.69, 9.17) is 4.74 Å². The van der Waals surface area contributed by atoms with Crippen LogP contribution in [0.25, 0.3) is 0 Å². The molecule has 0 amide bonds. The fourth-order valence-corrected chi connectivity index (χ4v) is 3.74. The minimum atomic E-state index is -3.17. The first kappa shape index (κ1) is 12.6. The summed E-state index contributed by atoms with van der Waals surface area (Å²) < 4.78 is 30.0. The van der Waals surface area contributed by atoms with Crippen molar-refractivity contribution >= 4 is 16.0 Å². The highest BCUT2D eigenvalue weighted by atomic mass is 32.2. The monoisotopic (exact) mass is 281 g/mol. The standard InChI is InChI=1S/C13H15NO4S/c1-19(16,17)14-8-6-13(7-9-14)11-5-3-2-4-10(11)12(15)18-13/h2-5H,6-9H2,1H3. The number of rotatable bonds is 1. The number of sulfonamides is 1. The third-order valence-corrected chi connectivity index (χ3v) is 5.23. The van der Waals surface area contributed by atoms with Crippen LogP contribution < -0.4 is 0 Å². The van der Waals surface area contributed by atoms with Gasteiger partial charge in [0.2, 0.25) is 10.0 Å². The van der Waals surface area contributed by atoms with Crippen molar-refractivity contribution in [3.05, 3.63) is 35.4 Å². The fraction of sp³-hybridized carbons (Fsp3) is 0.462. The minimum absolute atomic E-state index is 0.302. The second kappa shape index (κ2) is 4.05. The normalized spacial score (nSPS) is 22.3. The number of hydrogen-bond acceptors (Lipinski definition) is 4. The molecule has 2 aliphatic rings. The van der Waals surface area contributed by atoms with Crippen LogP contribution in [0.1, 0.15) is 28.8 Å². The lowest BCUT2D eigenvalue weighted by Crippen LogP contribution is -2.44. The van der Waals surface area contributed by atoms with Gasteiger partial charge in [-0.2, -0.15) is 0 Å². The summed E-state index contributed by atoms with van der Waals surface area (Å²) in [5.74, 6) is -0.302. The van der Waals surface area contributed by atoms with Crippen LogP contribution in [0.2, 0.25) is 0 Å². The second-order valence-corrected chi connectivity index (χ2v) is 7.07. The van der Waals surface area contributed by atoms with Gasteiger partial charge in [-0.15, -0.1) is 0 Å². The molecule has 3 rings (SSSR count). The van der Waals surface area contributed by atoms with Crippen molar-refractivity contribution in [2.75, 3.05) is 19.3 Å². The predicted octanol–water partition coefficient (Wildman–Crippen LogP) is 1.11. The summed E-state index contributed by atoms with van der Waals surface area (Å²) in [5, 5.41) is 0. The van der Waals surface area contributed by atoms with Crippen LogP contribution in [0.3, 0.4) is 0 Å². The molecule has 0 bridgehead atoms. The molecule has 0 atom stereocenters. The van der Waals surface area contributed by atoms with E-state index >= 15 is 0 Å². The molecule has 0 saturated carbocycles. The summed E-state index contributed by atoms with van der Waals surface area (Å²) >= 11 is 0. The van der Waals surface area contributed by atoms with Gasteiger partial charge in [-0.25, -0.2) is 17.5 Å². The lowest BCUT2D eigenvalue weighted by atomic mass is 9.84. The molecule has 102 valence electrons. The first-order valence-corrected chi connectivity index (χ1v) is 8.05. The van der Waals surface area contributed by atoms with E-state index in [2.05, 4.69) is 0 Å². The molecule has 1 aromatic carbocycles. The number of carbonyl (C=O) groups is 1. The first-order chi connectivity index (χ1) is 8.92. The average Bonchev–Trinajstić information content (AvgIpc) is 2.63. The Labute approximate surface area is 112 Å². The highest BCUT2D eigenvalue weighted by molar-refractivity contribution is 7.88. The summed E-state index contributed by atoms with van der Waals surface area (Å²) in [4.78, 5) is 11.9. The molecular weight excluding hydrogens is 266 g/mol. The maximum atomic E-state index is 11.9. The van der Waals surface area contributed by atoms with Gasteiger partial charge in [0.15, 0.2) is 0 Å². The zero-order valence-corrected chi connectivity index (χ0v) is 11.4. The molecule has 0 unspecified atom stereocenters. The van der Waals surface area contributed by atoms with Crippen LogP contribution in [0.5, 0.6) is 0 Å². The number of carbonyl (C=O) groups excluding carboxylic acids is 1. The zero-order chi connectivity index (χ0) is 13.7. The molecular formula is C13H15NO4S. The Hall–Kier alpha value is -1.40. The van der Waals surface area contributed by atoms with Crippen LogP contribution in [0, 0.1) is 0 Å². The number of ether oxygens (including phenoxy) is 1. The van der Waals surface area contributed by atoms with Crippen molar-refractivity contribution < 1.29 is 17.9 Å². The highest BCUT2D eigenvalue weighted by Gasteiger charge is 2.48. The van der Waals surface area contributed by atoms with Crippen LogP contribution >= 0.6 is 0 Å². The summed E-state index contributed by atoms with van der Waals surface area (Å²) in [6, 6.07) is 7.35. The predicted molar refractivity (Wildman–Crippen MR) is 69.2 cm³/mol. The van der Waals surface area contributed by atoms with Gasteiger partial charge in [0.05, 0.1) is 11.8 Å². The second-order valence-electron chi connectivity index (χ2n) is 5.09. The number of fused-ring (bicyclic) bond motifs is 2. The van der Waals surface area contributed by atoms with Crippen molar-refractivity contribution in [2.45, 2.75) is 18.4 Å². The third kappa shape index (κ3) is 1.95. The van der Waals surface area contributed by atoms with E-state index in [9.17, 15) is 13.2 Å². The van der Waals surface area contributed by atoms with E-state index in [1.54, 1.807) is 6.07 Å². The van der Waals surface area contributed by atoms with Gasteiger partial charge in [0, 0.05) is 31.5 Å². The molecule has 0 radical (unpaired) electrons. The summed E-state index contributed by atoms with van der Waals surface area (Å²) in [6.07, 6.45) is 2.24. The number of esters is 1. The van der Waals surface area contributed by atoms with Gasteiger partial charge in [0.25, 0.3) is 0 Å². The van der Waals surface area contributed by atoms with E-state index in [1.807, 2.05) is 18.2 Å². The van der Waals surface area contributed by atoms with Crippen molar-refractivity contribution in [2.24, 2.45) is 0 Å². The largest absolute Gasteiger partial charge is 0.450 e.